The average molecular weight is 408 g/mol. The number of hydrogen-bond donors (Lipinski definition) is 2. The summed E-state index contributed by atoms with van der Waals surface area (Å²) >= 11 is 0. The number of benzene rings is 2. The van der Waals surface area contributed by atoms with Crippen LogP contribution in [0.15, 0.2) is 42.5 Å². The second-order valence-electron chi connectivity index (χ2n) is 6.26. The summed E-state index contributed by atoms with van der Waals surface area (Å²) in [6.07, 6.45) is -5.66. The maximum absolute atomic E-state index is 13.1. The molecule has 0 radical (unpaired) electrons. The molecule has 10 heteroatoms. The molecule has 0 bridgehead atoms. The van der Waals surface area contributed by atoms with Gasteiger partial charge in [0.15, 0.2) is 6.10 Å². The van der Waals surface area contributed by atoms with E-state index in [1.807, 2.05) is 0 Å². The molecule has 0 spiro atoms. The van der Waals surface area contributed by atoms with Gasteiger partial charge in [-0.2, -0.15) is 13.2 Å². The zero-order chi connectivity index (χ0) is 21.3. The first kappa shape index (κ1) is 20.2. The highest BCUT2D eigenvalue weighted by Crippen LogP contribution is 2.36. The molecule has 0 aromatic heterocycles. The number of alkyl halides is 3. The summed E-state index contributed by atoms with van der Waals surface area (Å²) in [4.78, 5) is 37.0. The highest BCUT2D eigenvalue weighted by atomic mass is 19.4. The van der Waals surface area contributed by atoms with Crippen molar-refractivity contribution < 1.29 is 37.4 Å². The van der Waals surface area contributed by atoms with Gasteiger partial charge in [-0.15, -0.1) is 0 Å². The quantitative estimate of drug-likeness (QED) is 0.810. The van der Waals surface area contributed by atoms with Gasteiger partial charge in [0.2, 0.25) is 5.91 Å². The highest BCUT2D eigenvalue weighted by Gasteiger charge is 2.35. The third-order valence-corrected chi connectivity index (χ3v) is 4.22. The third-order valence-electron chi connectivity index (χ3n) is 4.22. The van der Waals surface area contributed by atoms with Gasteiger partial charge in [-0.05, 0) is 37.3 Å². The van der Waals surface area contributed by atoms with E-state index in [4.69, 9.17) is 9.84 Å². The van der Waals surface area contributed by atoms with Crippen molar-refractivity contribution >= 4 is 29.2 Å². The van der Waals surface area contributed by atoms with Crippen molar-refractivity contribution in [2.75, 3.05) is 16.8 Å². The fourth-order valence-electron chi connectivity index (χ4n) is 2.88. The maximum Gasteiger partial charge on any atom is 0.418 e. The van der Waals surface area contributed by atoms with Gasteiger partial charge in [0.25, 0.3) is 5.91 Å². The summed E-state index contributed by atoms with van der Waals surface area (Å²) in [5.74, 6) is -2.55. The summed E-state index contributed by atoms with van der Waals surface area (Å²) in [5, 5.41) is 11.3. The third kappa shape index (κ3) is 4.15. The zero-order valence-corrected chi connectivity index (χ0v) is 15.0. The molecule has 7 nitrogen and oxygen atoms in total. The molecule has 1 atom stereocenters. The van der Waals surface area contributed by atoms with E-state index in [1.165, 1.54) is 37.3 Å². The Balaban J connectivity index is 1.86. The van der Waals surface area contributed by atoms with Gasteiger partial charge in [-0.25, -0.2) is 4.79 Å². The normalized spacial score (nSPS) is 16.1. The molecular formula is C19H15F3N2O5. The standard InChI is InChI=1S/C19H15F3N2O5/c1-10-17(26)24(14-7-6-11(18(27)28)8-15(14)29-10)9-16(25)23-13-5-3-2-4-12(13)19(20,21)22/h2-8,10H,9H2,1H3,(H,23,25)(H,27,28). The number of hydrogen-bond acceptors (Lipinski definition) is 4. The Bertz CT molecular complexity index is 990. The van der Waals surface area contributed by atoms with Crippen LogP contribution in [0.1, 0.15) is 22.8 Å². The molecular weight excluding hydrogens is 393 g/mol. The number of para-hydroxylation sites is 1. The molecule has 1 unspecified atom stereocenters. The number of anilines is 2. The van der Waals surface area contributed by atoms with E-state index in [1.54, 1.807) is 0 Å². The van der Waals surface area contributed by atoms with Crippen LogP contribution >= 0.6 is 0 Å². The van der Waals surface area contributed by atoms with Crippen LogP contribution in [0.25, 0.3) is 0 Å². The number of fused-ring (bicyclic) bond motifs is 1. The van der Waals surface area contributed by atoms with Crippen LogP contribution in [0.2, 0.25) is 0 Å². The average Bonchev–Trinajstić information content (AvgIpc) is 2.64. The molecule has 2 aromatic carbocycles. The second-order valence-corrected chi connectivity index (χ2v) is 6.26. The van der Waals surface area contributed by atoms with Crippen molar-refractivity contribution in [3.05, 3.63) is 53.6 Å². The first-order valence-electron chi connectivity index (χ1n) is 8.39. The van der Waals surface area contributed by atoms with E-state index in [-0.39, 0.29) is 17.0 Å². The molecule has 0 saturated carbocycles. The first-order valence-corrected chi connectivity index (χ1v) is 8.39. The predicted molar refractivity (Wildman–Crippen MR) is 95.9 cm³/mol. The Morgan fingerprint density at radius 2 is 1.90 bits per heavy atom. The summed E-state index contributed by atoms with van der Waals surface area (Å²) in [6.45, 7) is 0.848. The zero-order valence-electron chi connectivity index (χ0n) is 15.0. The van der Waals surface area contributed by atoms with Crippen molar-refractivity contribution in [2.45, 2.75) is 19.2 Å². The summed E-state index contributed by atoms with van der Waals surface area (Å²) in [5.41, 5.74) is -1.37. The van der Waals surface area contributed by atoms with E-state index in [0.29, 0.717) is 0 Å². The fraction of sp³-hybridized carbons (Fsp3) is 0.211. The molecule has 152 valence electrons. The van der Waals surface area contributed by atoms with Gasteiger partial charge in [-0.3, -0.25) is 14.5 Å². The highest BCUT2D eigenvalue weighted by molar-refractivity contribution is 6.06. The van der Waals surface area contributed by atoms with E-state index in [9.17, 15) is 27.6 Å². The lowest BCUT2D eigenvalue weighted by atomic mass is 10.1. The van der Waals surface area contributed by atoms with Crippen molar-refractivity contribution in [1.29, 1.82) is 0 Å². The SMILES string of the molecule is CC1Oc2cc(C(=O)O)ccc2N(CC(=O)Nc2ccccc2C(F)(F)F)C1=O. The van der Waals surface area contributed by atoms with E-state index < -0.39 is 47.9 Å². The van der Waals surface area contributed by atoms with Crippen molar-refractivity contribution in [3.8, 4) is 5.75 Å². The molecule has 3 rings (SSSR count). The number of carboxylic acid groups (broad SMARTS) is 1. The minimum absolute atomic E-state index is 0.0752. The smallest absolute Gasteiger partial charge is 0.418 e. The fourth-order valence-corrected chi connectivity index (χ4v) is 2.88. The van der Waals surface area contributed by atoms with Crippen LogP contribution in [0.3, 0.4) is 0 Å². The minimum Gasteiger partial charge on any atom is -0.479 e. The van der Waals surface area contributed by atoms with Crippen LogP contribution in [-0.2, 0) is 15.8 Å². The van der Waals surface area contributed by atoms with Crippen molar-refractivity contribution in [2.24, 2.45) is 0 Å². The first-order chi connectivity index (χ1) is 13.6. The number of carbonyl (C=O) groups excluding carboxylic acids is 2. The Hall–Kier alpha value is -3.56. The van der Waals surface area contributed by atoms with Gasteiger partial charge >= 0.3 is 12.1 Å². The molecule has 2 amide bonds. The monoisotopic (exact) mass is 408 g/mol. The molecule has 1 aliphatic rings. The predicted octanol–water partition coefficient (Wildman–Crippen LogP) is 3.16. The van der Waals surface area contributed by atoms with Crippen LogP contribution in [-0.4, -0.2) is 35.5 Å². The lowest BCUT2D eigenvalue weighted by Crippen LogP contribution is -2.47. The minimum atomic E-state index is -4.66. The van der Waals surface area contributed by atoms with Gasteiger partial charge in [0, 0.05) is 0 Å². The number of carbonyl (C=O) groups is 3. The Morgan fingerprint density at radius 3 is 2.55 bits per heavy atom. The molecule has 1 aliphatic heterocycles. The van der Waals surface area contributed by atoms with E-state index in [2.05, 4.69) is 5.32 Å². The van der Waals surface area contributed by atoms with E-state index >= 15 is 0 Å². The number of rotatable bonds is 4. The van der Waals surface area contributed by atoms with Gasteiger partial charge in [-0.1, -0.05) is 12.1 Å². The lowest BCUT2D eigenvalue weighted by Gasteiger charge is -2.32. The number of amides is 2. The number of aromatic carboxylic acids is 1. The molecule has 0 fully saturated rings. The van der Waals surface area contributed by atoms with Crippen LogP contribution in [0.4, 0.5) is 24.5 Å². The summed E-state index contributed by atoms with van der Waals surface area (Å²) in [7, 11) is 0. The Labute approximate surface area is 162 Å². The molecule has 29 heavy (non-hydrogen) atoms. The van der Waals surface area contributed by atoms with Gasteiger partial charge in [0.05, 0.1) is 22.5 Å². The van der Waals surface area contributed by atoms with Gasteiger partial charge < -0.3 is 15.2 Å². The Morgan fingerprint density at radius 1 is 1.21 bits per heavy atom. The summed E-state index contributed by atoms with van der Waals surface area (Å²) < 4.78 is 44.7. The molecule has 2 aromatic rings. The second kappa shape index (κ2) is 7.46. The molecule has 2 N–H and O–H groups in total. The molecule has 1 heterocycles. The number of nitrogens with one attached hydrogen (secondary N) is 1. The van der Waals surface area contributed by atoms with Crippen molar-refractivity contribution in [1.82, 2.24) is 0 Å². The number of halogens is 3. The van der Waals surface area contributed by atoms with E-state index in [0.717, 1.165) is 17.0 Å². The van der Waals surface area contributed by atoms with Crippen LogP contribution in [0, 0.1) is 0 Å². The Kier molecular flexibility index (Phi) is 5.19. The summed E-state index contributed by atoms with van der Waals surface area (Å²) in [6, 6.07) is 8.23. The number of carboxylic acids is 1. The largest absolute Gasteiger partial charge is 0.479 e. The lowest BCUT2D eigenvalue weighted by molar-refractivity contribution is -0.137. The topological polar surface area (TPSA) is 95.9 Å². The maximum atomic E-state index is 13.1. The number of nitrogens with zero attached hydrogens (tertiary/aromatic N) is 1. The van der Waals surface area contributed by atoms with Crippen molar-refractivity contribution in [3.63, 3.8) is 0 Å². The number of ether oxygens (including phenoxy) is 1. The molecule has 0 saturated heterocycles. The molecule has 0 aliphatic carbocycles. The van der Waals surface area contributed by atoms with Gasteiger partial charge in [0.1, 0.15) is 12.3 Å². The van der Waals surface area contributed by atoms with Crippen LogP contribution in [0.5, 0.6) is 5.75 Å². The van der Waals surface area contributed by atoms with Crippen LogP contribution < -0.4 is 15.0 Å².